The summed E-state index contributed by atoms with van der Waals surface area (Å²) in [5.74, 6) is 2.84. The van der Waals surface area contributed by atoms with E-state index >= 15 is 0 Å². The van der Waals surface area contributed by atoms with Gasteiger partial charge in [-0.2, -0.15) is 0 Å². The standard InChI is InChI=1S/C17H18N2OS/c1-2-4-16-14(3-1)19-17(21-16)15-8-7-13(20-15)11-18-10-9-12-5-6-12/h1-4,7-8,12,18H,5-6,9-11H2. The number of nitrogens with one attached hydrogen (secondary N) is 1. The van der Waals surface area contributed by atoms with Crippen LogP contribution < -0.4 is 5.32 Å². The lowest BCUT2D eigenvalue weighted by atomic mass is 10.3. The van der Waals surface area contributed by atoms with Gasteiger partial charge in [-0.05, 0) is 43.1 Å². The average molecular weight is 298 g/mol. The van der Waals surface area contributed by atoms with E-state index in [0.717, 1.165) is 41.1 Å². The molecule has 1 fully saturated rings. The molecule has 0 spiro atoms. The molecule has 4 rings (SSSR count). The third kappa shape index (κ3) is 3.01. The van der Waals surface area contributed by atoms with E-state index in [-0.39, 0.29) is 0 Å². The Bertz CT molecular complexity index is 709. The van der Waals surface area contributed by atoms with E-state index in [2.05, 4.69) is 16.4 Å². The lowest BCUT2D eigenvalue weighted by Crippen LogP contribution is -2.14. The third-order valence-electron chi connectivity index (χ3n) is 3.89. The van der Waals surface area contributed by atoms with Crippen molar-refractivity contribution in [3.8, 4) is 10.8 Å². The Balaban J connectivity index is 1.42. The zero-order valence-electron chi connectivity index (χ0n) is 11.8. The second-order valence-corrected chi connectivity index (χ2v) is 6.69. The number of thiazole rings is 1. The molecule has 0 unspecified atom stereocenters. The molecule has 1 aliphatic carbocycles. The average Bonchev–Trinajstić information content (AvgIpc) is 3.04. The first-order valence-electron chi connectivity index (χ1n) is 7.54. The molecule has 0 atom stereocenters. The van der Waals surface area contributed by atoms with Crippen molar-refractivity contribution in [2.75, 3.05) is 6.54 Å². The normalized spacial score (nSPS) is 14.9. The summed E-state index contributed by atoms with van der Waals surface area (Å²) in [4.78, 5) is 4.63. The van der Waals surface area contributed by atoms with Crippen LogP contribution in [0.3, 0.4) is 0 Å². The van der Waals surface area contributed by atoms with E-state index in [4.69, 9.17) is 4.42 Å². The zero-order valence-corrected chi connectivity index (χ0v) is 12.7. The molecule has 2 aromatic heterocycles. The van der Waals surface area contributed by atoms with Crippen LogP contribution in [0.4, 0.5) is 0 Å². The van der Waals surface area contributed by atoms with Gasteiger partial charge in [-0.15, -0.1) is 11.3 Å². The summed E-state index contributed by atoms with van der Waals surface area (Å²) >= 11 is 1.68. The minimum atomic E-state index is 0.803. The fourth-order valence-electron chi connectivity index (χ4n) is 2.49. The van der Waals surface area contributed by atoms with Crippen LogP contribution >= 0.6 is 11.3 Å². The van der Waals surface area contributed by atoms with Crippen molar-refractivity contribution in [3.63, 3.8) is 0 Å². The molecule has 1 saturated carbocycles. The highest BCUT2D eigenvalue weighted by atomic mass is 32.1. The molecular formula is C17H18N2OS. The Labute approximate surface area is 128 Å². The molecule has 0 bridgehead atoms. The monoisotopic (exact) mass is 298 g/mol. The number of hydrogen-bond acceptors (Lipinski definition) is 4. The van der Waals surface area contributed by atoms with E-state index in [1.54, 1.807) is 11.3 Å². The minimum Gasteiger partial charge on any atom is -0.457 e. The molecule has 108 valence electrons. The first-order chi connectivity index (χ1) is 10.4. The molecule has 21 heavy (non-hydrogen) atoms. The number of para-hydroxylation sites is 1. The number of fused-ring (bicyclic) bond motifs is 1. The lowest BCUT2D eigenvalue weighted by molar-refractivity contribution is 0.487. The molecule has 4 heteroatoms. The van der Waals surface area contributed by atoms with Gasteiger partial charge in [-0.3, -0.25) is 0 Å². The van der Waals surface area contributed by atoms with Crippen molar-refractivity contribution in [1.82, 2.24) is 10.3 Å². The maximum Gasteiger partial charge on any atom is 0.163 e. The Hall–Kier alpha value is -1.65. The summed E-state index contributed by atoms with van der Waals surface area (Å²) in [7, 11) is 0. The third-order valence-corrected chi connectivity index (χ3v) is 4.94. The Kier molecular flexibility index (Phi) is 3.49. The molecule has 0 aliphatic heterocycles. The predicted molar refractivity (Wildman–Crippen MR) is 86.4 cm³/mol. The van der Waals surface area contributed by atoms with Gasteiger partial charge in [0.15, 0.2) is 10.8 Å². The largest absolute Gasteiger partial charge is 0.457 e. The summed E-state index contributed by atoms with van der Waals surface area (Å²) in [6.45, 7) is 1.89. The summed E-state index contributed by atoms with van der Waals surface area (Å²) in [6, 6.07) is 12.3. The topological polar surface area (TPSA) is 38.1 Å². The summed E-state index contributed by atoms with van der Waals surface area (Å²) < 4.78 is 7.11. The van der Waals surface area contributed by atoms with Crippen LogP contribution in [-0.4, -0.2) is 11.5 Å². The lowest BCUT2D eigenvalue weighted by Gasteiger charge is -2.00. The van der Waals surface area contributed by atoms with E-state index in [1.165, 1.54) is 24.0 Å². The van der Waals surface area contributed by atoms with Crippen LogP contribution in [-0.2, 0) is 6.54 Å². The van der Waals surface area contributed by atoms with Crippen LogP contribution in [0.15, 0.2) is 40.8 Å². The van der Waals surface area contributed by atoms with Crippen molar-refractivity contribution in [2.45, 2.75) is 25.8 Å². The van der Waals surface area contributed by atoms with Crippen molar-refractivity contribution in [1.29, 1.82) is 0 Å². The van der Waals surface area contributed by atoms with Gasteiger partial charge in [0.05, 0.1) is 16.8 Å². The van der Waals surface area contributed by atoms with Crippen LogP contribution in [0.25, 0.3) is 21.0 Å². The van der Waals surface area contributed by atoms with Crippen LogP contribution in [0.1, 0.15) is 25.0 Å². The fourth-order valence-corrected chi connectivity index (χ4v) is 3.42. The van der Waals surface area contributed by atoms with Crippen molar-refractivity contribution < 1.29 is 4.42 Å². The molecule has 1 N–H and O–H groups in total. The molecule has 2 heterocycles. The number of nitrogens with zero attached hydrogens (tertiary/aromatic N) is 1. The van der Waals surface area contributed by atoms with Crippen molar-refractivity contribution >= 4 is 21.6 Å². The van der Waals surface area contributed by atoms with Gasteiger partial charge >= 0.3 is 0 Å². The maximum atomic E-state index is 5.91. The van der Waals surface area contributed by atoms with E-state index < -0.39 is 0 Å². The Morgan fingerprint density at radius 2 is 2.10 bits per heavy atom. The van der Waals surface area contributed by atoms with Gasteiger partial charge in [-0.1, -0.05) is 25.0 Å². The Morgan fingerprint density at radius 3 is 2.95 bits per heavy atom. The van der Waals surface area contributed by atoms with Crippen LogP contribution in [0, 0.1) is 5.92 Å². The maximum absolute atomic E-state index is 5.91. The highest BCUT2D eigenvalue weighted by Gasteiger charge is 2.20. The highest BCUT2D eigenvalue weighted by Crippen LogP contribution is 2.32. The summed E-state index contributed by atoms with van der Waals surface area (Å²) in [5.41, 5.74) is 1.04. The van der Waals surface area contributed by atoms with Gasteiger partial charge < -0.3 is 9.73 Å². The minimum absolute atomic E-state index is 0.803. The summed E-state index contributed by atoms with van der Waals surface area (Å²) in [5, 5.41) is 4.41. The first-order valence-corrected chi connectivity index (χ1v) is 8.35. The number of benzene rings is 1. The zero-order chi connectivity index (χ0) is 14.1. The highest BCUT2D eigenvalue weighted by molar-refractivity contribution is 7.21. The first kappa shape index (κ1) is 13.0. The second-order valence-electron chi connectivity index (χ2n) is 5.66. The van der Waals surface area contributed by atoms with Gasteiger partial charge in [-0.25, -0.2) is 4.98 Å². The fraction of sp³-hybridized carbons (Fsp3) is 0.353. The van der Waals surface area contributed by atoms with E-state index in [1.807, 2.05) is 30.3 Å². The number of hydrogen-bond donors (Lipinski definition) is 1. The quantitative estimate of drug-likeness (QED) is 0.683. The van der Waals surface area contributed by atoms with Crippen molar-refractivity contribution in [3.05, 3.63) is 42.2 Å². The van der Waals surface area contributed by atoms with E-state index in [9.17, 15) is 0 Å². The van der Waals surface area contributed by atoms with Gasteiger partial charge in [0.2, 0.25) is 0 Å². The van der Waals surface area contributed by atoms with Crippen LogP contribution in [0.5, 0.6) is 0 Å². The molecule has 1 aliphatic rings. The molecular weight excluding hydrogens is 280 g/mol. The molecule has 0 amide bonds. The van der Waals surface area contributed by atoms with Crippen LogP contribution in [0.2, 0.25) is 0 Å². The van der Waals surface area contributed by atoms with Gasteiger partial charge in [0.25, 0.3) is 0 Å². The molecule has 0 saturated heterocycles. The number of furan rings is 1. The number of rotatable bonds is 6. The molecule has 3 nitrogen and oxygen atoms in total. The van der Waals surface area contributed by atoms with Gasteiger partial charge in [0.1, 0.15) is 5.76 Å². The summed E-state index contributed by atoms with van der Waals surface area (Å²) in [6.07, 6.45) is 4.14. The second kappa shape index (κ2) is 5.62. The predicted octanol–water partition coefficient (Wildman–Crippen LogP) is 4.45. The van der Waals surface area contributed by atoms with Gasteiger partial charge in [0, 0.05) is 0 Å². The SMILES string of the molecule is c1ccc2sc(-c3ccc(CNCCC4CC4)o3)nc2c1. The molecule has 3 aromatic rings. The molecule has 0 radical (unpaired) electrons. The van der Waals surface area contributed by atoms with E-state index in [0.29, 0.717) is 0 Å². The molecule has 1 aromatic carbocycles. The number of aromatic nitrogens is 1. The Morgan fingerprint density at radius 1 is 1.19 bits per heavy atom. The van der Waals surface area contributed by atoms with Crippen molar-refractivity contribution in [2.24, 2.45) is 5.92 Å². The smallest absolute Gasteiger partial charge is 0.163 e.